The highest BCUT2D eigenvalue weighted by Crippen LogP contribution is 2.14. The van der Waals surface area contributed by atoms with E-state index in [-0.39, 0.29) is 50.0 Å². The van der Waals surface area contributed by atoms with Crippen molar-refractivity contribution in [2.75, 3.05) is 6.54 Å². The summed E-state index contributed by atoms with van der Waals surface area (Å²) in [5.74, 6) is 14.4. The topological polar surface area (TPSA) is 328 Å². The van der Waals surface area contributed by atoms with Gasteiger partial charge in [-0.3, -0.25) is 29.5 Å². The van der Waals surface area contributed by atoms with Crippen LogP contribution in [0, 0.1) is 11.4 Å². The highest BCUT2D eigenvalue weighted by Gasteiger charge is 2.32. The normalized spacial score (nSPS) is 14.0. The molecule has 0 aliphatic rings. The number of hydrazine groups is 2. The van der Waals surface area contributed by atoms with Crippen molar-refractivity contribution in [2.45, 2.75) is 89.9 Å². The number of hydrogen-bond acceptors (Lipinski definition) is 14. The maximum absolute atomic E-state index is 13.1. The zero-order chi connectivity index (χ0) is 32.9. The number of unbranched alkanes of at least 4 members (excludes halogenated alkanes) is 2. The standard InChI is InChI=1S/C23H43N17O4/c1-15(2)11-19(21(43)34-31-16(14-41)7-6-9-29-23(30-25)35-37-27)40(28)22(44)18(24)12-17-13-39(38-32-17)10-5-3-4-8-20(42)33-36-26/h13-16,18-19H,3-12,24-25,28H2,1-2H3,(H2,26,33,42)(H3,27,29,30,35)/t16-,18-,19-/m0/s1. The van der Waals surface area contributed by atoms with Gasteiger partial charge in [0.05, 0.1) is 11.7 Å². The Balaban J connectivity index is 2.71. The van der Waals surface area contributed by atoms with Crippen molar-refractivity contribution in [3.8, 4) is 0 Å². The molecule has 21 nitrogen and oxygen atoms in total. The van der Waals surface area contributed by atoms with E-state index in [9.17, 15) is 19.2 Å². The molecule has 3 amide bonds. The lowest BCUT2D eigenvalue weighted by atomic mass is 10.0. The first kappa shape index (κ1) is 37.4. The van der Waals surface area contributed by atoms with Crippen LogP contribution in [0.3, 0.4) is 0 Å². The third-order valence-corrected chi connectivity index (χ3v) is 6.04. The number of aromatic nitrogens is 3. The van der Waals surface area contributed by atoms with Gasteiger partial charge in [-0.15, -0.1) is 10.2 Å². The van der Waals surface area contributed by atoms with E-state index >= 15 is 0 Å². The van der Waals surface area contributed by atoms with E-state index in [1.54, 1.807) is 10.9 Å². The number of azo groups is 1. The molecule has 244 valence electrons. The van der Waals surface area contributed by atoms with Gasteiger partial charge in [0.25, 0.3) is 17.8 Å². The monoisotopic (exact) mass is 621 g/mol. The quantitative estimate of drug-likeness (QED) is 0.0140. The van der Waals surface area contributed by atoms with Crippen molar-refractivity contribution < 1.29 is 19.2 Å². The maximum atomic E-state index is 13.1. The molecule has 0 bridgehead atoms. The van der Waals surface area contributed by atoms with Crippen LogP contribution in [0.2, 0.25) is 0 Å². The van der Waals surface area contributed by atoms with Crippen LogP contribution in [-0.4, -0.2) is 74.6 Å². The average molecular weight is 622 g/mol. The Labute approximate surface area is 254 Å². The molecule has 0 aliphatic carbocycles. The van der Waals surface area contributed by atoms with Crippen molar-refractivity contribution in [1.82, 2.24) is 30.9 Å². The predicted molar refractivity (Wildman–Crippen MR) is 155 cm³/mol. The number of hydrogen-bond donors (Lipinski definition) is 7. The second-order valence-corrected chi connectivity index (χ2v) is 10.1. The van der Waals surface area contributed by atoms with Gasteiger partial charge in [0.15, 0.2) is 0 Å². The number of nitrogens with two attached hydrogens (primary N) is 4. The third-order valence-electron chi connectivity index (χ3n) is 6.04. The lowest BCUT2D eigenvalue weighted by molar-refractivity contribution is -0.141. The minimum Gasteiger partial charge on any atom is -0.320 e. The zero-order valence-corrected chi connectivity index (χ0v) is 24.9. The summed E-state index contributed by atoms with van der Waals surface area (Å²) in [5, 5.41) is 25.7. The summed E-state index contributed by atoms with van der Waals surface area (Å²) in [6.45, 7) is 4.46. The molecule has 0 saturated heterocycles. The van der Waals surface area contributed by atoms with Gasteiger partial charge >= 0.3 is 0 Å². The molecule has 1 aromatic rings. The smallest absolute Gasteiger partial charge is 0.288 e. The second kappa shape index (κ2) is 21.1. The minimum absolute atomic E-state index is 0.00732. The molecule has 3 atom stereocenters. The number of carbonyl (C=O) groups excluding carboxylic acids is 4. The van der Waals surface area contributed by atoms with Gasteiger partial charge in [0.1, 0.15) is 18.4 Å². The van der Waals surface area contributed by atoms with Gasteiger partial charge in [-0.05, 0) is 38.0 Å². The lowest BCUT2D eigenvalue weighted by Gasteiger charge is -2.28. The van der Waals surface area contributed by atoms with E-state index in [2.05, 4.69) is 51.9 Å². The maximum Gasteiger partial charge on any atom is 0.288 e. The highest BCUT2D eigenvalue weighted by atomic mass is 16.2. The largest absolute Gasteiger partial charge is 0.320 e. The van der Waals surface area contributed by atoms with E-state index in [0.29, 0.717) is 31.4 Å². The van der Waals surface area contributed by atoms with Gasteiger partial charge in [0.2, 0.25) is 5.91 Å². The predicted octanol–water partition coefficient (Wildman–Crippen LogP) is -0.641. The van der Waals surface area contributed by atoms with E-state index < -0.39 is 29.9 Å². The molecule has 44 heavy (non-hydrogen) atoms. The summed E-state index contributed by atoms with van der Waals surface area (Å²) in [4.78, 5) is 52.8. The summed E-state index contributed by atoms with van der Waals surface area (Å²) >= 11 is 0. The summed E-state index contributed by atoms with van der Waals surface area (Å²) < 4.78 is 1.60. The van der Waals surface area contributed by atoms with Gasteiger partial charge in [0, 0.05) is 32.1 Å². The number of aryl methyl sites for hydroxylation is 1. The zero-order valence-electron chi connectivity index (χ0n) is 24.9. The highest BCUT2D eigenvalue weighted by molar-refractivity contribution is 5.89. The van der Waals surface area contributed by atoms with Crippen LogP contribution in [0.1, 0.15) is 64.5 Å². The number of amides is 3. The lowest BCUT2D eigenvalue weighted by Crippen LogP contribution is -2.55. The Morgan fingerprint density at radius 3 is 2.57 bits per heavy atom. The fourth-order valence-corrected chi connectivity index (χ4v) is 3.83. The number of rotatable bonds is 20. The molecule has 21 heteroatoms. The molecule has 0 saturated carbocycles. The number of aliphatic imine (C=N–C) groups is 1. The molecule has 0 unspecified atom stereocenters. The molecule has 0 aliphatic heterocycles. The van der Waals surface area contributed by atoms with Crippen molar-refractivity contribution in [3.63, 3.8) is 0 Å². The van der Waals surface area contributed by atoms with E-state index in [4.69, 9.17) is 28.8 Å². The number of nitrogens with zero attached hydrogens (tertiary/aromatic N) is 10. The second-order valence-electron chi connectivity index (χ2n) is 10.1. The fraction of sp³-hybridized carbons (Fsp3) is 0.696. The van der Waals surface area contributed by atoms with Gasteiger partial charge in [-0.1, -0.05) is 41.0 Å². The minimum atomic E-state index is -1.15. The van der Waals surface area contributed by atoms with Crippen LogP contribution >= 0.6 is 0 Å². The number of carbonyl (C=O) groups is 4. The molecular weight excluding hydrogens is 578 g/mol. The van der Waals surface area contributed by atoms with Gasteiger partial charge < -0.3 is 16.4 Å². The Morgan fingerprint density at radius 1 is 1.18 bits per heavy atom. The number of nitrogens with one attached hydrogen (secondary N) is 3. The SMILES string of the molecule is CC(C)C[C@@H](C(=O)N=N[C@H](C=O)CCCN=C(N=NN)NN)N(N)C(=O)[C@@H](N)Cc1cn(CCCCCC(=O)NN=N)nn1. The van der Waals surface area contributed by atoms with Crippen LogP contribution in [0.25, 0.3) is 0 Å². The van der Waals surface area contributed by atoms with Crippen LogP contribution in [0.5, 0.6) is 0 Å². The van der Waals surface area contributed by atoms with Gasteiger partial charge in [-0.25, -0.2) is 22.1 Å². The molecule has 0 spiro atoms. The third kappa shape index (κ3) is 14.5. The van der Waals surface area contributed by atoms with E-state index in [0.717, 1.165) is 17.9 Å². The van der Waals surface area contributed by atoms with Crippen molar-refractivity contribution >= 4 is 30.0 Å². The fourth-order valence-electron chi connectivity index (χ4n) is 3.83. The van der Waals surface area contributed by atoms with Crippen LogP contribution < -0.4 is 34.1 Å². The average Bonchev–Trinajstić information content (AvgIpc) is 3.44. The Bertz CT molecular complexity index is 1150. The Hall–Kier alpha value is -4.63. The molecule has 1 heterocycles. The van der Waals surface area contributed by atoms with Crippen LogP contribution in [0.15, 0.2) is 37.0 Å². The molecule has 1 rings (SSSR count). The molecule has 11 N–H and O–H groups in total. The van der Waals surface area contributed by atoms with Crippen molar-refractivity contribution in [1.29, 1.82) is 5.53 Å². The summed E-state index contributed by atoms with van der Waals surface area (Å²) in [6, 6.07) is -3.18. The number of aldehydes is 1. The van der Waals surface area contributed by atoms with E-state index in [1.165, 1.54) is 0 Å². The summed E-state index contributed by atoms with van der Waals surface area (Å²) in [5.41, 5.74) is 17.5. The van der Waals surface area contributed by atoms with Crippen LogP contribution in [0.4, 0.5) is 0 Å². The first-order chi connectivity index (χ1) is 21.1. The first-order valence-corrected chi connectivity index (χ1v) is 14.0. The summed E-state index contributed by atoms with van der Waals surface area (Å²) in [6.07, 6.45) is 5.42. The van der Waals surface area contributed by atoms with Crippen molar-refractivity contribution in [3.05, 3.63) is 11.9 Å². The molecule has 0 radical (unpaired) electrons. The first-order valence-electron chi connectivity index (χ1n) is 14.0. The van der Waals surface area contributed by atoms with Gasteiger partial charge in [-0.2, -0.15) is 10.6 Å². The molecule has 0 aromatic carbocycles. The van der Waals surface area contributed by atoms with Crippen LogP contribution in [-0.2, 0) is 32.1 Å². The molecule has 1 aromatic heterocycles. The summed E-state index contributed by atoms with van der Waals surface area (Å²) in [7, 11) is 0. The number of guanidine groups is 1. The Kier molecular flexibility index (Phi) is 17.9. The van der Waals surface area contributed by atoms with E-state index in [1.807, 2.05) is 13.8 Å². The molecule has 0 fully saturated rings. The molecular formula is C23H43N17O4. The van der Waals surface area contributed by atoms with Crippen molar-refractivity contribution in [2.24, 2.45) is 60.0 Å². The Morgan fingerprint density at radius 2 is 1.93 bits per heavy atom.